The topological polar surface area (TPSA) is 112 Å². The maximum absolute atomic E-state index is 12.1. The number of rotatable bonds is 7. The van der Waals surface area contributed by atoms with Crippen molar-refractivity contribution in [3.63, 3.8) is 0 Å². The third kappa shape index (κ3) is 5.29. The Kier molecular flexibility index (Phi) is 6.45. The first-order valence-electron chi connectivity index (χ1n) is 9.94. The Morgan fingerprint density at radius 3 is 2.53 bits per heavy atom. The number of piperazine rings is 1. The van der Waals surface area contributed by atoms with E-state index >= 15 is 0 Å². The molecule has 2 aromatic heterocycles. The van der Waals surface area contributed by atoms with Crippen molar-refractivity contribution in [3.05, 3.63) is 49.1 Å². The van der Waals surface area contributed by atoms with Crippen LogP contribution in [0.15, 0.2) is 53.5 Å². The maximum Gasteiger partial charge on any atom is 0.319 e. The van der Waals surface area contributed by atoms with Gasteiger partial charge in [-0.2, -0.15) is 0 Å². The highest BCUT2D eigenvalue weighted by Crippen LogP contribution is 2.18. The van der Waals surface area contributed by atoms with Crippen molar-refractivity contribution >= 4 is 17.7 Å². The predicted molar refractivity (Wildman–Crippen MR) is 112 cm³/mol. The Morgan fingerprint density at radius 1 is 1.07 bits per heavy atom. The number of carbonyl (C=O) groups excluding carboxylic acids is 1. The zero-order valence-electron chi connectivity index (χ0n) is 16.6. The highest BCUT2D eigenvalue weighted by molar-refractivity contribution is 5.89. The summed E-state index contributed by atoms with van der Waals surface area (Å²) >= 11 is 0. The average molecular weight is 408 g/mol. The van der Waals surface area contributed by atoms with E-state index in [0.717, 1.165) is 50.7 Å². The van der Waals surface area contributed by atoms with E-state index in [1.54, 1.807) is 24.5 Å². The fraction of sp³-hybridized carbons (Fsp3) is 0.350. The maximum atomic E-state index is 12.1. The smallest absolute Gasteiger partial charge is 0.319 e. The van der Waals surface area contributed by atoms with Gasteiger partial charge in [0.05, 0.1) is 0 Å². The molecule has 1 saturated heterocycles. The zero-order chi connectivity index (χ0) is 20.6. The van der Waals surface area contributed by atoms with Crippen LogP contribution in [0.25, 0.3) is 11.5 Å². The van der Waals surface area contributed by atoms with Crippen molar-refractivity contribution in [2.24, 2.45) is 0 Å². The van der Waals surface area contributed by atoms with Crippen LogP contribution in [-0.4, -0.2) is 70.4 Å². The number of anilines is 2. The minimum atomic E-state index is -0.216. The number of nitrogens with one attached hydrogen (secondary N) is 2. The molecule has 4 rings (SSSR count). The monoisotopic (exact) mass is 408 g/mol. The van der Waals surface area contributed by atoms with Gasteiger partial charge in [-0.1, -0.05) is 0 Å². The van der Waals surface area contributed by atoms with Crippen LogP contribution in [0.1, 0.15) is 6.42 Å². The summed E-state index contributed by atoms with van der Waals surface area (Å²) < 4.78 is 5.15. The molecule has 1 fully saturated rings. The summed E-state index contributed by atoms with van der Waals surface area (Å²) in [6.07, 6.45) is 5.72. The Labute approximate surface area is 174 Å². The van der Waals surface area contributed by atoms with Gasteiger partial charge in [-0.15, -0.1) is 10.2 Å². The molecule has 10 nitrogen and oxygen atoms in total. The van der Waals surface area contributed by atoms with Gasteiger partial charge in [0.15, 0.2) is 0 Å². The van der Waals surface area contributed by atoms with Crippen LogP contribution in [0.4, 0.5) is 16.4 Å². The number of hydrogen-bond acceptors (Lipinski definition) is 8. The molecule has 156 valence electrons. The Bertz CT molecular complexity index is 910. The molecule has 2 amide bonds. The van der Waals surface area contributed by atoms with Crippen molar-refractivity contribution < 1.29 is 9.21 Å². The molecule has 10 heteroatoms. The van der Waals surface area contributed by atoms with Crippen LogP contribution in [-0.2, 0) is 0 Å². The Balaban J connectivity index is 1.12. The van der Waals surface area contributed by atoms with Gasteiger partial charge in [0.25, 0.3) is 0 Å². The summed E-state index contributed by atoms with van der Waals surface area (Å²) in [5.74, 6) is 1.24. The zero-order valence-corrected chi connectivity index (χ0v) is 16.6. The van der Waals surface area contributed by atoms with Gasteiger partial charge in [-0.05, 0) is 43.3 Å². The van der Waals surface area contributed by atoms with E-state index in [2.05, 4.69) is 40.6 Å². The number of amides is 2. The highest BCUT2D eigenvalue weighted by Gasteiger charge is 2.18. The number of nitrogens with zero attached hydrogens (tertiary/aromatic N) is 6. The van der Waals surface area contributed by atoms with Gasteiger partial charge in [-0.3, -0.25) is 4.90 Å². The van der Waals surface area contributed by atoms with E-state index in [1.807, 2.05) is 18.2 Å². The summed E-state index contributed by atoms with van der Waals surface area (Å²) in [6.45, 7) is 5.33. The van der Waals surface area contributed by atoms with Gasteiger partial charge < -0.3 is 20.0 Å². The lowest BCUT2D eigenvalue weighted by Gasteiger charge is -2.34. The van der Waals surface area contributed by atoms with E-state index in [0.29, 0.717) is 18.1 Å². The Morgan fingerprint density at radius 2 is 1.83 bits per heavy atom. The van der Waals surface area contributed by atoms with Crippen molar-refractivity contribution in [3.8, 4) is 11.5 Å². The number of benzene rings is 1. The summed E-state index contributed by atoms with van der Waals surface area (Å²) in [5.41, 5.74) is 1.51. The second-order valence-corrected chi connectivity index (χ2v) is 6.93. The van der Waals surface area contributed by atoms with E-state index in [1.165, 1.54) is 6.39 Å². The third-order valence-corrected chi connectivity index (χ3v) is 4.89. The molecule has 0 saturated carbocycles. The SMILES string of the molecule is O=C(NCCCN1CCN(c2ncccn2)CC1)Nc1ccc(-c2nnco2)cc1. The normalized spacial score (nSPS) is 14.5. The first kappa shape index (κ1) is 19.8. The van der Waals surface area contributed by atoms with Crippen LogP contribution in [0, 0.1) is 0 Å². The van der Waals surface area contributed by atoms with Crippen molar-refractivity contribution in [1.82, 2.24) is 30.4 Å². The molecule has 3 heterocycles. The van der Waals surface area contributed by atoms with E-state index in [4.69, 9.17) is 4.42 Å². The molecule has 2 N–H and O–H groups in total. The summed E-state index contributed by atoms with van der Waals surface area (Å²) in [4.78, 5) is 25.3. The van der Waals surface area contributed by atoms with Crippen LogP contribution >= 0.6 is 0 Å². The van der Waals surface area contributed by atoms with Crippen molar-refractivity contribution in [2.45, 2.75) is 6.42 Å². The summed E-state index contributed by atoms with van der Waals surface area (Å²) in [6, 6.07) is 8.86. The molecule has 30 heavy (non-hydrogen) atoms. The molecule has 0 radical (unpaired) electrons. The second-order valence-electron chi connectivity index (χ2n) is 6.93. The minimum absolute atomic E-state index is 0.216. The van der Waals surface area contributed by atoms with Gasteiger partial charge >= 0.3 is 6.03 Å². The number of urea groups is 1. The highest BCUT2D eigenvalue weighted by atomic mass is 16.4. The van der Waals surface area contributed by atoms with Gasteiger partial charge in [-0.25, -0.2) is 14.8 Å². The van der Waals surface area contributed by atoms with E-state index in [-0.39, 0.29) is 6.03 Å². The standard InChI is InChI=1S/C20H24N8O2/c29-20(25-17-5-3-16(4-6-17)18-26-24-15-30-18)23-9-2-10-27-11-13-28(14-12-27)19-21-7-1-8-22-19/h1,3-8,15H,2,9-14H2,(H2,23,25,29). The fourth-order valence-corrected chi connectivity index (χ4v) is 3.30. The molecule has 0 atom stereocenters. The number of carbonyl (C=O) groups is 1. The first-order chi connectivity index (χ1) is 14.8. The van der Waals surface area contributed by atoms with E-state index < -0.39 is 0 Å². The molecule has 3 aromatic rings. The van der Waals surface area contributed by atoms with Gasteiger partial charge in [0.2, 0.25) is 18.2 Å². The lowest BCUT2D eigenvalue weighted by atomic mass is 10.2. The molecular formula is C20H24N8O2. The van der Waals surface area contributed by atoms with E-state index in [9.17, 15) is 4.79 Å². The number of aromatic nitrogens is 4. The van der Waals surface area contributed by atoms with Gasteiger partial charge in [0, 0.05) is 56.4 Å². The average Bonchev–Trinajstić information content (AvgIpc) is 3.33. The van der Waals surface area contributed by atoms with Crippen LogP contribution < -0.4 is 15.5 Å². The quantitative estimate of drug-likeness (QED) is 0.570. The molecule has 0 bridgehead atoms. The molecule has 1 aliphatic heterocycles. The third-order valence-electron chi connectivity index (χ3n) is 4.89. The van der Waals surface area contributed by atoms with Gasteiger partial charge in [0.1, 0.15) is 0 Å². The molecule has 0 spiro atoms. The first-order valence-corrected chi connectivity index (χ1v) is 9.94. The summed E-state index contributed by atoms with van der Waals surface area (Å²) in [5, 5.41) is 13.2. The predicted octanol–water partition coefficient (Wildman–Crippen LogP) is 1.86. The van der Waals surface area contributed by atoms with Crippen LogP contribution in [0.3, 0.4) is 0 Å². The largest absolute Gasteiger partial charge is 0.423 e. The molecular weight excluding hydrogens is 384 g/mol. The second kappa shape index (κ2) is 9.79. The number of hydrogen-bond donors (Lipinski definition) is 2. The lowest BCUT2D eigenvalue weighted by molar-refractivity contribution is 0.244. The lowest BCUT2D eigenvalue weighted by Crippen LogP contribution is -2.47. The van der Waals surface area contributed by atoms with Crippen LogP contribution in [0.2, 0.25) is 0 Å². The molecule has 1 aromatic carbocycles. The fourth-order valence-electron chi connectivity index (χ4n) is 3.30. The molecule has 0 aliphatic carbocycles. The Hall–Kier alpha value is -3.53. The van der Waals surface area contributed by atoms with Crippen molar-refractivity contribution in [2.75, 3.05) is 49.5 Å². The van der Waals surface area contributed by atoms with Crippen molar-refractivity contribution in [1.29, 1.82) is 0 Å². The summed E-state index contributed by atoms with van der Waals surface area (Å²) in [7, 11) is 0. The van der Waals surface area contributed by atoms with Crippen LogP contribution in [0.5, 0.6) is 0 Å². The minimum Gasteiger partial charge on any atom is -0.423 e. The molecule has 1 aliphatic rings. The molecule has 0 unspecified atom stereocenters.